The molecular formula is C19H19N5OS2. The number of nitrogens with one attached hydrogen (secondary N) is 1. The van der Waals surface area contributed by atoms with Gasteiger partial charge < -0.3 is 5.32 Å². The Balaban J connectivity index is 1.52. The van der Waals surface area contributed by atoms with Crippen molar-refractivity contribution >= 4 is 44.6 Å². The highest BCUT2D eigenvalue weighted by Crippen LogP contribution is 2.25. The summed E-state index contributed by atoms with van der Waals surface area (Å²) in [5.41, 5.74) is 2.89. The molecule has 1 N–H and O–H groups in total. The molecule has 0 atom stereocenters. The third-order valence-corrected chi connectivity index (χ3v) is 5.79. The number of thiazole rings is 1. The van der Waals surface area contributed by atoms with E-state index >= 15 is 0 Å². The van der Waals surface area contributed by atoms with Crippen molar-refractivity contribution in [2.75, 3.05) is 14.1 Å². The first-order valence-corrected chi connectivity index (χ1v) is 9.76. The van der Waals surface area contributed by atoms with Crippen LogP contribution in [-0.2, 0) is 13.2 Å². The van der Waals surface area contributed by atoms with E-state index in [1.54, 1.807) is 18.4 Å². The summed E-state index contributed by atoms with van der Waals surface area (Å²) in [6.45, 7) is 1.33. The molecule has 8 heteroatoms. The number of hydrogen-bond acceptors (Lipinski definition) is 5. The lowest BCUT2D eigenvalue weighted by Crippen LogP contribution is -2.22. The van der Waals surface area contributed by atoms with Gasteiger partial charge in [-0.05, 0) is 49.1 Å². The van der Waals surface area contributed by atoms with Crippen LogP contribution in [0.3, 0.4) is 0 Å². The Labute approximate surface area is 165 Å². The zero-order valence-corrected chi connectivity index (χ0v) is 16.7. The highest BCUT2D eigenvalue weighted by Gasteiger charge is 2.12. The van der Waals surface area contributed by atoms with E-state index in [1.807, 2.05) is 52.5 Å². The molecule has 0 spiro atoms. The molecule has 2 heterocycles. The maximum Gasteiger partial charge on any atom is 0.251 e. The van der Waals surface area contributed by atoms with E-state index < -0.39 is 0 Å². The molecule has 0 fully saturated rings. The zero-order chi connectivity index (χ0) is 19.0. The summed E-state index contributed by atoms with van der Waals surface area (Å²) in [4.78, 5) is 14.7. The van der Waals surface area contributed by atoms with Crippen LogP contribution in [0.5, 0.6) is 0 Å². The van der Waals surface area contributed by atoms with Gasteiger partial charge in [-0.3, -0.25) is 14.1 Å². The van der Waals surface area contributed by atoms with Crippen LogP contribution in [0.25, 0.3) is 15.2 Å². The van der Waals surface area contributed by atoms with Crippen LogP contribution in [0.4, 0.5) is 0 Å². The Morgan fingerprint density at radius 2 is 1.96 bits per heavy atom. The van der Waals surface area contributed by atoms with E-state index in [2.05, 4.69) is 27.4 Å². The van der Waals surface area contributed by atoms with Gasteiger partial charge in [-0.25, -0.2) is 4.68 Å². The summed E-state index contributed by atoms with van der Waals surface area (Å²) in [5.74, 6) is -0.0773. The Bertz CT molecular complexity index is 1170. The third kappa shape index (κ3) is 3.39. The van der Waals surface area contributed by atoms with Crippen molar-refractivity contribution in [2.45, 2.75) is 13.2 Å². The molecule has 138 valence electrons. The quantitative estimate of drug-likeness (QED) is 0.524. The minimum absolute atomic E-state index is 0.0773. The Morgan fingerprint density at radius 1 is 1.22 bits per heavy atom. The lowest BCUT2D eigenvalue weighted by molar-refractivity contribution is 0.0963. The minimum atomic E-state index is -0.0773. The first-order chi connectivity index (χ1) is 13.1. The lowest BCUT2D eigenvalue weighted by Gasteiger charge is -2.16. The zero-order valence-electron chi connectivity index (χ0n) is 15.0. The smallest absolute Gasteiger partial charge is 0.251 e. The first kappa shape index (κ1) is 17.8. The number of benzene rings is 2. The van der Waals surface area contributed by atoms with Gasteiger partial charge in [-0.15, -0.1) is 5.10 Å². The van der Waals surface area contributed by atoms with E-state index in [4.69, 9.17) is 12.2 Å². The van der Waals surface area contributed by atoms with E-state index in [-0.39, 0.29) is 5.91 Å². The average Bonchev–Trinajstić information content (AvgIpc) is 3.18. The summed E-state index contributed by atoms with van der Waals surface area (Å²) in [7, 11) is 3.66. The molecule has 0 aliphatic rings. The number of carbonyl (C=O) groups excluding carboxylic acids is 1. The van der Waals surface area contributed by atoms with Crippen LogP contribution in [0.15, 0.2) is 48.5 Å². The monoisotopic (exact) mass is 397 g/mol. The maximum absolute atomic E-state index is 11.6. The molecule has 0 bridgehead atoms. The van der Waals surface area contributed by atoms with Crippen molar-refractivity contribution in [2.24, 2.45) is 0 Å². The summed E-state index contributed by atoms with van der Waals surface area (Å²) < 4.78 is 5.76. The Hall–Kier alpha value is -2.55. The predicted molar refractivity (Wildman–Crippen MR) is 111 cm³/mol. The van der Waals surface area contributed by atoms with Gasteiger partial charge in [0.15, 0.2) is 0 Å². The number of fused-ring (bicyclic) bond motifs is 3. The fraction of sp³-hybridized carbons (Fsp3) is 0.211. The molecule has 27 heavy (non-hydrogen) atoms. The van der Waals surface area contributed by atoms with Crippen LogP contribution in [0.1, 0.15) is 15.9 Å². The SMILES string of the molecule is CNC(=O)c1ccc(CN(C)Cn2nc3sc4ccccc4n3c2=S)cc1. The van der Waals surface area contributed by atoms with Crippen molar-refractivity contribution in [3.8, 4) is 0 Å². The van der Waals surface area contributed by atoms with Crippen molar-refractivity contribution in [1.29, 1.82) is 0 Å². The molecule has 0 aliphatic carbocycles. The van der Waals surface area contributed by atoms with Crippen molar-refractivity contribution in [3.05, 3.63) is 64.4 Å². The molecule has 0 unspecified atom stereocenters. The molecule has 4 aromatic rings. The minimum Gasteiger partial charge on any atom is -0.355 e. The molecule has 1 amide bonds. The van der Waals surface area contributed by atoms with Gasteiger partial charge in [0.05, 0.1) is 16.9 Å². The van der Waals surface area contributed by atoms with Crippen LogP contribution in [0, 0.1) is 4.77 Å². The van der Waals surface area contributed by atoms with Gasteiger partial charge in [0.2, 0.25) is 9.73 Å². The highest BCUT2D eigenvalue weighted by atomic mass is 32.1. The third-order valence-electron chi connectivity index (χ3n) is 4.39. The molecule has 0 aliphatic heterocycles. The Kier molecular flexibility index (Phi) is 4.77. The van der Waals surface area contributed by atoms with Gasteiger partial charge in [-0.1, -0.05) is 35.6 Å². The topological polar surface area (TPSA) is 54.6 Å². The second-order valence-corrected chi connectivity index (χ2v) is 7.78. The van der Waals surface area contributed by atoms with Crippen LogP contribution < -0.4 is 5.32 Å². The van der Waals surface area contributed by atoms with Crippen LogP contribution >= 0.6 is 23.6 Å². The number of amides is 1. The number of carbonyl (C=O) groups is 1. The van der Waals surface area contributed by atoms with E-state index in [1.165, 1.54) is 4.70 Å². The van der Waals surface area contributed by atoms with Gasteiger partial charge in [-0.2, -0.15) is 0 Å². The summed E-state index contributed by atoms with van der Waals surface area (Å²) >= 11 is 7.29. The summed E-state index contributed by atoms with van der Waals surface area (Å²) in [5, 5.41) is 7.31. The molecule has 0 radical (unpaired) electrons. The normalized spacial score (nSPS) is 11.5. The standard InChI is InChI=1S/C19H19N5OS2/c1-20-17(25)14-9-7-13(8-10-14)11-22(2)12-23-19(26)24-15-5-3-4-6-16(15)27-18(24)21-23/h3-10H,11-12H2,1-2H3,(H,20,25). The van der Waals surface area contributed by atoms with Crippen molar-refractivity contribution in [1.82, 2.24) is 24.4 Å². The van der Waals surface area contributed by atoms with Crippen molar-refractivity contribution in [3.63, 3.8) is 0 Å². The van der Waals surface area contributed by atoms with Gasteiger partial charge in [0.25, 0.3) is 5.91 Å². The second-order valence-electron chi connectivity index (χ2n) is 6.40. The predicted octanol–water partition coefficient (Wildman–Crippen LogP) is 3.53. The summed E-state index contributed by atoms with van der Waals surface area (Å²) in [6, 6.07) is 15.8. The molecular weight excluding hydrogens is 378 g/mol. The molecule has 2 aromatic heterocycles. The number of aromatic nitrogens is 3. The highest BCUT2D eigenvalue weighted by molar-refractivity contribution is 7.71. The van der Waals surface area contributed by atoms with E-state index in [0.29, 0.717) is 17.0 Å². The molecule has 0 saturated carbocycles. The summed E-state index contributed by atoms with van der Waals surface area (Å²) in [6.07, 6.45) is 0. The largest absolute Gasteiger partial charge is 0.355 e. The number of para-hydroxylation sites is 1. The maximum atomic E-state index is 11.6. The molecule has 6 nitrogen and oxygen atoms in total. The number of hydrogen-bond donors (Lipinski definition) is 1. The second kappa shape index (κ2) is 7.22. The van der Waals surface area contributed by atoms with Crippen molar-refractivity contribution < 1.29 is 4.79 Å². The number of nitrogens with zero attached hydrogens (tertiary/aromatic N) is 4. The van der Waals surface area contributed by atoms with Gasteiger partial charge >= 0.3 is 0 Å². The van der Waals surface area contributed by atoms with Gasteiger partial charge in [0, 0.05) is 19.2 Å². The lowest BCUT2D eigenvalue weighted by atomic mass is 10.1. The van der Waals surface area contributed by atoms with Crippen LogP contribution in [-0.4, -0.2) is 39.1 Å². The fourth-order valence-corrected chi connectivity index (χ4v) is 4.44. The van der Waals surface area contributed by atoms with E-state index in [9.17, 15) is 4.79 Å². The number of rotatable bonds is 5. The molecule has 2 aromatic carbocycles. The van der Waals surface area contributed by atoms with Gasteiger partial charge in [0.1, 0.15) is 0 Å². The molecule has 4 rings (SSSR count). The molecule has 0 saturated heterocycles. The fourth-order valence-electron chi connectivity index (χ4n) is 3.08. The van der Waals surface area contributed by atoms with Crippen LogP contribution in [0.2, 0.25) is 0 Å². The first-order valence-electron chi connectivity index (χ1n) is 8.53. The average molecular weight is 398 g/mol. The van der Waals surface area contributed by atoms with E-state index in [0.717, 1.165) is 22.6 Å². The Morgan fingerprint density at radius 3 is 2.70 bits per heavy atom.